The summed E-state index contributed by atoms with van der Waals surface area (Å²) in [5.74, 6) is 1.12. The molecule has 0 saturated carbocycles. The van der Waals surface area contributed by atoms with Crippen LogP contribution >= 0.6 is 11.6 Å². The van der Waals surface area contributed by atoms with Crippen molar-refractivity contribution in [3.8, 4) is 11.5 Å². The number of amidine groups is 1. The van der Waals surface area contributed by atoms with Crippen molar-refractivity contribution in [1.29, 1.82) is 0 Å². The van der Waals surface area contributed by atoms with Crippen molar-refractivity contribution in [1.82, 2.24) is 4.98 Å². The second-order valence-corrected chi connectivity index (χ2v) is 5.76. The van der Waals surface area contributed by atoms with E-state index in [1.165, 1.54) is 0 Å². The number of aliphatic imine (C=N–C) groups is 1. The maximum Gasteiger partial charge on any atom is 0.283 e. The highest BCUT2D eigenvalue weighted by Gasteiger charge is 2.46. The zero-order chi connectivity index (χ0) is 16.7. The molecule has 4 rings (SSSR count). The lowest BCUT2D eigenvalue weighted by Crippen LogP contribution is -2.42. The van der Waals surface area contributed by atoms with Crippen molar-refractivity contribution in [2.24, 2.45) is 15.8 Å². The molecule has 9 heteroatoms. The van der Waals surface area contributed by atoms with Crippen molar-refractivity contribution in [3.05, 3.63) is 57.2 Å². The third kappa shape index (κ3) is 2.12. The lowest BCUT2D eigenvalue weighted by Gasteiger charge is -2.41. The van der Waals surface area contributed by atoms with E-state index in [1.54, 1.807) is 30.5 Å². The summed E-state index contributed by atoms with van der Waals surface area (Å²) in [4.78, 5) is 11.0. The van der Waals surface area contributed by atoms with Gasteiger partial charge in [-0.3, -0.25) is 0 Å². The van der Waals surface area contributed by atoms with Gasteiger partial charge in [-0.15, -0.1) is 0 Å². The Morgan fingerprint density at radius 3 is 2.92 bits per heavy atom. The number of fused-ring (bicyclic) bond motifs is 4. The molecule has 1 aromatic carbocycles. The summed E-state index contributed by atoms with van der Waals surface area (Å²) in [7, 11) is 0. The number of aromatic nitrogens is 1. The number of hydrogen-bond donors (Lipinski definition) is 1. The fourth-order valence-electron chi connectivity index (χ4n) is 3.08. The predicted octanol–water partition coefficient (Wildman–Crippen LogP) is 3.76. The summed E-state index contributed by atoms with van der Waals surface area (Å²) in [6.45, 7) is 0.483. The Hall–Kier alpha value is -2.96. The molecule has 0 amide bonds. The highest BCUT2D eigenvalue weighted by Crippen LogP contribution is 2.52. The first kappa shape index (κ1) is 14.6. The second kappa shape index (κ2) is 5.30. The van der Waals surface area contributed by atoms with Crippen molar-refractivity contribution >= 4 is 23.3 Å². The van der Waals surface area contributed by atoms with E-state index in [-0.39, 0.29) is 6.02 Å². The maximum atomic E-state index is 8.69. The number of benzene rings is 1. The molecule has 2 aromatic rings. The number of hydrogen-bond acceptors (Lipinski definition) is 6. The Balaban J connectivity index is 2.00. The Morgan fingerprint density at radius 1 is 1.29 bits per heavy atom. The van der Waals surface area contributed by atoms with Gasteiger partial charge in [-0.25, -0.2) is 9.98 Å². The average Bonchev–Trinajstić information content (AvgIpc) is 2.57. The Morgan fingerprint density at radius 2 is 2.12 bits per heavy atom. The minimum atomic E-state index is -0.914. The molecule has 0 bridgehead atoms. The van der Waals surface area contributed by atoms with Crippen molar-refractivity contribution in [2.75, 3.05) is 6.54 Å². The largest absolute Gasteiger partial charge is 0.455 e. The van der Waals surface area contributed by atoms with Crippen LogP contribution in [-0.2, 0) is 10.3 Å². The zero-order valence-electron chi connectivity index (χ0n) is 12.3. The fraction of sp³-hybridized carbons (Fsp3) is 0.200. The van der Waals surface area contributed by atoms with Crippen molar-refractivity contribution < 1.29 is 9.47 Å². The van der Waals surface area contributed by atoms with Gasteiger partial charge in [-0.1, -0.05) is 16.7 Å². The summed E-state index contributed by atoms with van der Waals surface area (Å²) in [5.41, 5.74) is 15.5. The number of ether oxygens (including phenoxy) is 2. The number of nitrogens with zero attached hydrogens (tertiary/aromatic N) is 5. The van der Waals surface area contributed by atoms with Gasteiger partial charge in [-0.05, 0) is 29.8 Å². The van der Waals surface area contributed by atoms with Crippen LogP contribution in [0.2, 0.25) is 5.15 Å². The topological polar surface area (TPSA) is 118 Å². The minimum absolute atomic E-state index is 0.0853. The molecule has 24 heavy (non-hydrogen) atoms. The number of rotatable bonds is 1. The summed E-state index contributed by atoms with van der Waals surface area (Å²) in [6, 6.07) is 6.90. The summed E-state index contributed by atoms with van der Waals surface area (Å²) >= 11 is 6.07. The van der Waals surface area contributed by atoms with E-state index in [0.717, 1.165) is 0 Å². The maximum absolute atomic E-state index is 8.69. The van der Waals surface area contributed by atoms with Gasteiger partial charge in [0.1, 0.15) is 10.9 Å². The van der Waals surface area contributed by atoms with Crippen LogP contribution in [0, 0.1) is 0 Å². The lowest BCUT2D eigenvalue weighted by atomic mass is 9.80. The molecule has 8 nitrogen and oxygen atoms in total. The summed E-state index contributed by atoms with van der Waals surface area (Å²) in [5, 5.41) is 3.97. The molecular weight excluding hydrogens is 332 g/mol. The lowest BCUT2D eigenvalue weighted by molar-refractivity contribution is 0.0635. The van der Waals surface area contributed by atoms with E-state index < -0.39 is 5.60 Å². The fourth-order valence-corrected chi connectivity index (χ4v) is 3.24. The van der Waals surface area contributed by atoms with Crippen molar-refractivity contribution in [3.63, 3.8) is 0 Å². The van der Waals surface area contributed by atoms with Crippen LogP contribution < -0.4 is 10.5 Å². The smallest absolute Gasteiger partial charge is 0.283 e. The predicted molar refractivity (Wildman–Crippen MR) is 87.5 cm³/mol. The van der Waals surface area contributed by atoms with Gasteiger partial charge < -0.3 is 15.2 Å². The van der Waals surface area contributed by atoms with Crippen molar-refractivity contribution in [2.45, 2.75) is 12.0 Å². The van der Waals surface area contributed by atoms with Gasteiger partial charge in [-0.2, -0.15) is 0 Å². The Kier molecular flexibility index (Phi) is 3.23. The Bertz CT molecular complexity index is 924. The second-order valence-electron chi connectivity index (χ2n) is 5.37. The van der Waals surface area contributed by atoms with Gasteiger partial charge in [0.25, 0.3) is 6.02 Å². The molecule has 0 saturated heterocycles. The molecule has 1 spiro atoms. The molecule has 0 aliphatic carbocycles. The summed E-state index contributed by atoms with van der Waals surface area (Å²) < 4.78 is 11.9. The molecule has 2 aliphatic rings. The van der Waals surface area contributed by atoms with E-state index in [2.05, 4.69) is 20.0 Å². The zero-order valence-corrected chi connectivity index (χ0v) is 13.1. The molecule has 0 radical (unpaired) electrons. The van der Waals surface area contributed by atoms with E-state index in [0.29, 0.717) is 46.4 Å². The number of halogens is 1. The Labute approximate surface area is 141 Å². The van der Waals surface area contributed by atoms with Crippen LogP contribution in [0.3, 0.4) is 0 Å². The molecule has 1 aromatic heterocycles. The van der Waals surface area contributed by atoms with Crippen LogP contribution in [0.5, 0.6) is 11.5 Å². The SMILES string of the molecule is [N-]=[N+]=Nc1ccc2c(c1)[C@@]1(CCN=C(N)O1)c1cc(Cl)ncc1O2. The van der Waals surface area contributed by atoms with Gasteiger partial charge in [0.15, 0.2) is 11.4 Å². The quantitative estimate of drug-likeness (QED) is 0.367. The van der Waals surface area contributed by atoms with E-state index >= 15 is 0 Å². The first-order chi connectivity index (χ1) is 11.6. The van der Waals surface area contributed by atoms with Crippen LogP contribution in [0.4, 0.5) is 5.69 Å². The summed E-state index contributed by atoms with van der Waals surface area (Å²) in [6.07, 6.45) is 2.09. The van der Waals surface area contributed by atoms with E-state index in [1.807, 2.05) is 0 Å². The van der Waals surface area contributed by atoms with Gasteiger partial charge in [0, 0.05) is 34.7 Å². The molecule has 2 N–H and O–H groups in total. The highest BCUT2D eigenvalue weighted by molar-refractivity contribution is 6.29. The number of pyridine rings is 1. The third-order valence-electron chi connectivity index (χ3n) is 4.06. The highest BCUT2D eigenvalue weighted by atomic mass is 35.5. The van der Waals surface area contributed by atoms with Gasteiger partial charge in [0.2, 0.25) is 0 Å². The molecule has 120 valence electrons. The van der Waals surface area contributed by atoms with Crippen LogP contribution in [-0.4, -0.2) is 17.6 Å². The molecule has 0 unspecified atom stereocenters. The molecule has 0 fully saturated rings. The van der Waals surface area contributed by atoms with E-state index in [9.17, 15) is 0 Å². The molecule has 3 heterocycles. The first-order valence-corrected chi connectivity index (χ1v) is 7.52. The molecule has 1 atom stereocenters. The van der Waals surface area contributed by atoms with Gasteiger partial charge in [0.05, 0.1) is 6.20 Å². The van der Waals surface area contributed by atoms with Crippen LogP contribution in [0.15, 0.2) is 40.6 Å². The molecular formula is C15H11ClN6O2. The normalized spacial score (nSPS) is 20.8. The molecule has 2 aliphatic heterocycles. The standard InChI is InChI=1S/C15H11ClN6O2/c16-13-6-10-12(7-20-13)23-11-2-1-8(21-22-18)5-9(11)15(10)3-4-19-14(17)24-15/h1-2,5-7H,3-4H2,(H2,17,19)/t15-/m0/s1. The number of nitrogens with two attached hydrogens (primary N) is 1. The average molecular weight is 343 g/mol. The van der Waals surface area contributed by atoms with Crippen LogP contribution in [0.1, 0.15) is 17.5 Å². The van der Waals surface area contributed by atoms with Crippen LogP contribution in [0.25, 0.3) is 10.4 Å². The first-order valence-electron chi connectivity index (χ1n) is 7.15. The monoisotopic (exact) mass is 342 g/mol. The third-order valence-corrected chi connectivity index (χ3v) is 4.26. The number of azide groups is 1. The minimum Gasteiger partial charge on any atom is -0.455 e. The van der Waals surface area contributed by atoms with E-state index in [4.69, 9.17) is 32.3 Å². The van der Waals surface area contributed by atoms with Gasteiger partial charge >= 0.3 is 0 Å².